The van der Waals surface area contributed by atoms with E-state index in [0.717, 1.165) is 12.8 Å². The van der Waals surface area contributed by atoms with E-state index >= 15 is 0 Å². The molecule has 1 aliphatic heterocycles. The lowest BCUT2D eigenvalue weighted by atomic mass is 10.0. The van der Waals surface area contributed by atoms with Crippen LogP contribution in [0, 0.1) is 5.92 Å². The van der Waals surface area contributed by atoms with Gasteiger partial charge in [-0.25, -0.2) is 0 Å². The lowest BCUT2D eigenvalue weighted by molar-refractivity contribution is 0.264. The summed E-state index contributed by atoms with van der Waals surface area (Å²) in [6.07, 6.45) is 2.18. The van der Waals surface area contributed by atoms with Gasteiger partial charge in [0, 0.05) is 33.1 Å². The minimum absolute atomic E-state index is 0.0315. The minimum Gasteiger partial charge on any atom is -0.409 e. The van der Waals surface area contributed by atoms with Crippen molar-refractivity contribution < 1.29 is 13.6 Å². The van der Waals surface area contributed by atoms with Crippen LogP contribution in [0.1, 0.15) is 26.2 Å². The molecule has 0 aromatic carbocycles. The SMILES string of the molecule is CC1CCCN(S(=O)(=O)N(C)CC/C(N)=N/O)C1. The van der Waals surface area contributed by atoms with Crippen molar-refractivity contribution in [2.45, 2.75) is 26.2 Å². The molecule has 1 rings (SSSR count). The zero-order valence-corrected chi connectivity index (χ0v) is 11.7. The van der Waals surface area contributed by atoms with Crippen molar-refractivity contribution in [1.29, 1.82) is 0 Å². The Morgan fingerprint density at radius 2 is 2.28 bits per heavy atom. The predicted molar refractivity (Wildman–Crippen MR) is 69.5 cm³/mol. The van der Waals surface area contributed by atoms with Crippen LogP contribution in [0.2, 0.25) is 0 Å². The second-order valence-corrected chi connectivity index (χ2v) is 6.81. The molecule has 1 heterocycles. The highest BCUT2D eigenvalue weighted by atomic mass is 32.2. The molecule has 1 aliphatic rings. The molecule has 18 heavy (non-hydrogen) atoms. The molecule has 106 valence electrons. The Balaban J connectivity index is 2.61. The van der Waals surface area contributed by atoms with Gasteiger partial charge in [-0.3, -0.25) is 0 Å². The fraction of sp³-hybridized carbons (Fsp3) is 0.900. The number of rotatable bonds is 5. The van der Waals surface area contributed by atoms with Gasteiger partial charge in [-0.1, -0.05) is 12.1 Å². The summed E-state index contributed by atoms with van der Waals surface area (Å²) in [7, 11) is -1.91. The summed E-state index contributed by atoms with van der Waals surface area (Å²) < 4.78 is 27.2. The van der Waals surface area contributed by atoms with E-state index < -0.39 is 10.2 Å². The average molecular weight is 278 g/mol. The molecule has 1 atom stereocenters. The van der Waals surface area contributed by atoms with Crippen molar-refractivity contribution >= 4 is 16.0 Å². The number of nitrogens with two attached hydrogens (primary N) is 1. The molecular weight excluding hydrogens is 256 g/mol. The average Bonchev–Trinajstić information content (AvgIpc) is 2.35. The van der Waals surface area contributed by atoms with Crippen molar-refractivity contribution in [2.75, 3.05) is 26.7 Å². The van der Waals surface area contributed by atoms with Gasteiger partial charge in [-0.15, -0.1) is 0 Å². The summed E-state index contributed by atoms with van der Waals surface area (Å²) in [6.45, 7) is 3.40. The van der Waals surface area contributed by atoms with Crippen LogP contribution in [0.4, 0.5) is 0 Å². The van der Waals surface area contributed by atoms with Gasteiger partial charge in [0.25, 0.3) is 10.2 Å². The molecular formula is C10H22N4O3S. The summed E-state index contributed by atoms with van der Waals surface area (Å²) in [5.41, 5.74) is 5.33. The van der Waals surface area contributed by atoms with Crippen LogP contribution >= 0.6 is 0 Å². The number of nitrogens with zero attached hydrogens (tertiary/aromatic N) is 3. The van der Waals surface area contributed by atoms with Crippen molar-refractivity contribution in [2.24, 2.45) is 16.8 Å². The highest BCUT2D eigenvalue weighted by Gasteiger charge is 2.30. The maximum atomic E-state index is 12.2. The molecule has 0 bridgehead atoms. The molecule has 0 aromatic rings. The summed E-state index contributed by atoms with van der Waals surface area (Å²) in [6, 6.07) is 0. The van der Waals surface area contributed by atoms with E-state index in [4.69, 9.17) is 10.9 Å². The van der Waals surface area contributed by atoms with Gasteiger partial charge in [0.1, 0.15) is 5.84 Å². The molecule has 8 heteroatoms. The van der Waals surface area contributed by atoms with Crippen LogP contribution in [-0.2, 0) is 10.2 Å². The van der Waals surface area contributed by atoms with Crippen LogP contribution < -0.4 is 5.73 Å². The fourth-order valence-electron chi connectivity index (χ4n) is 1.99. The van der Waals surface area contributed by atoms with E-state index in [1.807, 2.05) is 0 Å². The maximum absolute atomic E-state index is 12.2. The number of amidine groups is 1. The quantitative estimate of drug-likeness (QED) is 0.321. The normalized spacial score (nSPS) is 23.5. The van der Waals surface area contributed by atoms with Crippen LogP contribution in [0.3, 0.4) is 0 Å². The van der Waals surface area contributed by atoms with Gasteiger partial charge in [-0.05, 0) is 18.8 Å². The predicted octanol–water partition coefficient (Wildman–Crippen LogP) is 0.0314. The summed E-state index contributed by atoms with van der Waals surface area (Å²) in [4.78, 5) is 0. The molecule has 0 saturated carbocycles. The zero-order chi connectivity index (χ0) is 13.8. The van der Waals surface area contributed by atoms with Crippen molar-refractivity contribution in [3.8, 4) is 0 Å². The van der Waals surface area contributed by atoms with Gasteiger partial charge in [-0.2, -0.15) is 17.0 Å². The Hall–Kier alpha value is -0.860. The van der Waals surface area contributed by atoms with Gasteiger partial charge in [0.2, 0.25) is 0 Å². The van der Waals surface area contributed by atoms with E-state index in [2.05, 4.69) is 12.1 Å². The van der Waals surface area contributed by atoms with E-state index in [1.54, 1.807) is 0 Å². The third-order valence-corrected chi connectivity index (χ3v) is 5.11. The molecule has 3 N–H and O–H groups in total. The lowest BCUT2D eigenvalue weighted by Gasteiger charge is -2.33. The summed E-state index contributed by atoms with van der Waals surface area (Å²) >= 11 is 0. The minimum atomic E-state index is -3.42. The van der Waals surface area contributed by atoms with Crippen molar-refractivity contribution in [3.63, 3.8) is 0 Å². The molecule has 7 nitrogen and oxygen atoms in total. The van der Waals surface area contributed by atoms with Gasteiger partial charge >= 0.3 is 0 Å². The highest BCUT2D eigenvalue weighted by molar-refractivity contribution is 7.86. The fourth-order valence-corrected chi connectivity index (χ4v) is 3.51. The number of hydrogen-bond acceptors (Lipinski definition) is 4. The standard InChI is InChI=1S/C10H22N4O3S/c1-9-4-3-6-14(8-9)18(16,17)13(2)7-5-10(11)12-15/h9,15H,3-8H2,1-2H3,(H2,11,12). The molecule has 1 unspecified atom stereocenters. The smallest absolute Gasteiger partial charge is 0.281 e. The molecule has 0 radical (unpaired) electrons. The second-order valence-electron chi connectivity index (χ2n) is 4.78. The number of piperidine rings is 1. The first-order chi connectivity index (χ1) is 8.37. The van der Waals surface area contributed by atoms with E-state index in [-0.39, 0.29) is 18.8 Å². The Morgan fingerprint density at radius 3 is 2.83 bits per heavy atom. The van der Waals surface area contributed by atoms with Crippen molar-refractivity contribution in [3.05, 3.63) is 0 Å². The Kier molecular flexibility index (Phi) is 5.36. The first kappa shape index (κ1) is 15.2. The maximum Gasteiger partial charge on any atom is 0.281 e. The Morgan fingerprint density at radius 1 is 1.61 bits per heavy atom. The van der Waals surface area contributed by atoms with Gasteiger partial charge in [0.05, 0.1) is 0 Å². The number of oxime groups is 1. The summed E-state index contributed by atoms with van der Waals surface area (Å²) in [5, 5.41) is 11.2. The largest absolute Gasteiger partial charge is 0.409 e. The monoisotopic (exact) mass is 278 g/mol. The zero-order valence-electron chi connectivity index (χ0n) is 10.9. The van der Waals surface area contributed by atoms with E-state index in [0.29, 0.717) is 19.0 Å². The van der Waals surface area contributed by atoms with Crippen LogP contribution in [0.5, 0.6) is 0 Å². The molecule has 0 aliphatic carbocycles. The van der Waals surface area contributed by atoms with Gasteiger partial charge in [0.15, 0.2) is 0 Å². The van der Waals surface area contributed by atoms with E-state index in [1.165, 1.54) is 15.7 Å². The van der Waals surface area contributed by atoms with Gasteiger partial charge < -0.3 is 10.9 Å². The second kappa shape index (κ2) is 6.35. The molecule has 1 saturated heterocycles. The first-order valence-corrected chi connectivity index (χ1v) is 7.45. The molecule has 0 spiro atoms. The number of hydrogen-bond donors (Lipinski definition) is 2. The van der Waals surface area contributed by atoms with E-state index in [9.17, 15) is 8.42 Å². The Bertz CT molecular complexity index is 396. The highest BCUT2D eigenvalue weighted by Crippen LogP contribution is 2.19. The third kappa shape index (κ3) is 3.82. The van der Waals surface area contributed by atoms with Crippen LogP contribution in [-0.4, -0.2) is 54.8 Å². The molecule has 1 fully saturated rings. The molecule has 0 amide bonds. The first-order valence-electron chi connectivity index (χ1n) is 6.05. The van der Waals surface area contributed by atoms with Crippen molar-refractivity contribution in [1.82, 2.24) is 8.61 Å². The summed E-state index contributed by atoms with van der Waals surface area (Å²) in [5.74, 6) is 0.426. The third-order valence-electron chi connectivity index (χ3n) is 3.15. The topological polar surface area (TPSA) is 99.2 Å². The van der Waals surface area contributed by atoms with Crippen LogP contribution in [0.25, 0.3) is 0 Å². The van der Waals surface area contributed by atoms with Crippen LogP contribution in [0.15, 0.2) is 5.16 Å². The lowest BCUT2D eigenvalue weighted by Crippen LogP contribution is -2.46. The Labute approximate surface area is 108 Å². The molecule has 0 aromatic heterocycles.